The fraction of sp³-hybridized carbons (Fsp3) is 0.562. The number of aryl methyl sites for hydroxylation is 3. The topological polar surface area (TPSA) is 55.1 Å². The standard InChI is InChI=1S/C16H24N2O/c1-10-7-11(2)15(12(3)8-10)16(19)18-9-13-5-4-6-14(13)17/h7-8,13-14H,4-6,9,17H2,1-3H3,(H,18,19). The van der Waals surface area contributed by atoms with Gasteiger partial charge in [-0.15, -0.1) is 0 Å². The SMILES string of the molecule is Cc1cc(C)c(C(=O)NCC2CCCC2N)c(C)c1. The van der Waals surface area contributed by atoms with Crippen LogP contribution in [0.3, 0.4) is 0 Å². The third-order valence-corrected chi connectivity index (χ3v) is 4.15. The summed E-state index contributed by atoms with van der Waals surface area (Å²) < 4.78 is 0. The lowest BCUT2D eigenvalue weighted by Crippen LogP contribution is -2.36. The fourth-order valence-corrected chi connectivity index (χ4v) is 3.17. The smallest absolute Gasteiger partial charge is 0.251 e. The molecule has 0 bridgehead atoms. The molecule has 0 aliphatic heterocycles. The highest BCUT2D eigenvalue weighted by Crippen LogP contribution is 2.23. The number of carbonyl (C=O) groups excluding carboxylic acids is 1. The molecule has 3 heteroatoms. The molecule has 0 heterocycles. The fourth-order valence-electron chi connectivity index (χ4n) is 3.17. The van der Waals surface area contributed by atoms with Crippen molar-refractivity contribution in [2.45, 2.75) is 46.1 Å². The van der Waals surface area contributed by atoms with Crippen molar-refractivity contribution in [2.24, 2.45) is 11.7 Å². The van der Waals surface area contributed by atoms with Crippen LogP contribution in [0.5, 0.6) is 0 Å². The van der Waals surface area contributed by atoms with E-state index in [2.05, 4.69) is 24.4 Å². The first-order chi connectivity index (χ1) is 8.99. The third-order valence-electron chi connectivity index (χ3n) is 4.15. The van der Waals surface area contributed by atoms with Crippen LogP contribution in [-0.4, -0.2) is 18.5 Å². The zero-order chi connectivity index (χ0) is 14.0. The van der Waals surface area contributed by atoms with Crippen LogP contribution >= 0.6 is 0 Å². The molecule has 1 aromatic rings. The van der Waals surface area contributed by atoms with Crippen LogP contribution in [0.2, 0.25) is 0 Å². The Hall–Kier alpha value is -1.35. The summed E-state index contributed by atoms with van der Waals surface area (Å²) in [5.74, 6) is 0.476. The number of rotatable bonds is 3. The summed E-state index contributed by atoms with van der Waals surface area (Å²) >= 11 is 0. The van der Waals surface area contributed by atoms with E-state index in [1.165, 1.54) is 12.0 Å². The summed E-state index contributed by atoms with van der Waals surface area (Å²) in [6.45, 7) is 6.75. The first-order valence-electron chi connectivity index (χ1n) is 7.10. The van der Waals surface area contributed by atoms with Gasteiger partial charge in [0.1, 0.15) is 0 Å². The Labute approximate surface area is 115 Å². The molecule has 2 atom stereocenters. The predicted molar refractivity (Wildman–Crippen MR) is 78.3 cm³/mol. The van der Waals surface area contributed by atoms with E-state index in [-0.39, 0.29) is 11.9 Å². The highest BCUT2D eigenvalue weighted by molar-refractivity contribution is 5.97. The van der Waals surface area contributed by atoms with Crippen molar-refractivity contribution >= 4 is 5.91 Å². The van der Waals surface area contributed by atoms with Gasteiger partial charge >= 0.3 is 0 Å². The molecule has 104 valence electrons. The molecule has 2 rings (SSSR count). The Morgan fingerprint density at radius 3 is 2.42 bits per heavy atom. The summed E-state index contributed by atoms with van der Waals surface area (Å²) in [6.07, 6.45) is 3.40. The van der Waals surface area contributed by atoms with Gasteiger partial charge in [0.25, 0.3) is 5.91 Å². The maximum absolute atomic E-state index is 12.3. The third kappa shape index (κ3) is 3.16. The van der Waals surface area contributed by atoms with Gasteiger partial charge in [0.05, 0.1) is 0 Å². The number of carbonyl (C=O) groups is 1. The molecule has 0 spiro atoms. The first kappa shape index (κ1) is 14.1. The second-order valence-corrected chi connectivity index (χ2v) is 5.84. The van der Waals surface area contributed by atoms with E-state index >= 15 is 0 Å². The molecule has 1 amide bonds. The molecule has 0 aromatic heterocycles. The van der Waals surface area contributed by atoms with Gasteiger partial charge in [-0.2, -0.15) is 0 Å². The van der Waals surface area contributed by atoms with Gasteiger partial charge in [0, 0.05) is 18.2 Å². The molecule has 19 heavy (non-hydrogen) atoms. The largest absolute Gasteiger partial charge is 0.352 e. The minimum Gasteiger partial charge on any atom is -0.352 e. The number of nitrogens with two attached hydrogens (primary N) is 1. The molecule has 1 aromatic carbocycles. The van der Waals surface area contributed by atoms with Crippen LogP contribution < -0.4 is 11.1 Å². The molecule has 3 nitrogen and oxygen atoms in total. The van der Waals surface area contributed by atoms with Gasteiger partial charge in [-0.3, -0.25) is 4.79 Å². The lowest BCUT2D eigenvalue weighted by atomic mass is 9.98. The minimum absolute atomic E-state index is 0.0362. The average Bonchev–Trinajstić information content (AvgIpc) is 2.70. The van der Waals surface area contributed by atoms with Gasteiger partial charge in [0.2, 0.25) is 0 Å². The Balaban J connectivity index is 2.04. The zero-order valence-corrected chi connectivity index (χ0v) is 12.1. The lowest BCUT2D eigenvalue weighted by molar-refractivity contribution is 0.0945. The summed E-state index contributed by atoms with van der Waals surface area (Å²) in [6, 6.07) is 4.37. The lowest BCUT2D eigenvalue weighted by Gasteiger charge is -2.17. The van der Waals surface area contributed by atoms with Crippen LogP contribution in [0, 0.1) is 26.7 Å². The summed E-state index contributed by atoms with van der Waals surface area (Å²) in [5, 5.41) is 3.05. The van der Waals surface area contributed by atoms with E-state index < -0.39 is 0 Å². The van der Waals surface area contributed by atoms with Crippen LogP contribution in [0.25, 0.3) is 0 Å². The number of nitrogens with one attached hydrogen (secondary N) is 1. The molecule has 0 radical (unpaired) electrons. The van der Waals surface area contributed by atoms with Crippen LogP contribution in [-0.2, 0) is 0 Å². The molecule has 3 N–H and O–H groups in total. The van der Waals surface area contributed by atoms with Gasteiger partial charge in [-0.25, -0.2) is 0 Å². The molecule has 1 aliphatic carbocycles. The summed E-state index contributed by atoms with van der Waals surface area (Å²) in [5.41, 5.74) is 10.1. The highest BCUT2D eigenvalue weighted by atomic mass is 16.1. The highest BCUT2D eigenvalue weighted by Gasteiger charge is 2.24. The Bertz CT molecular complexity index is 459. The van der Waals surface area contributed by atoms with Crippen molar-refractivity contribution in [3.05, 3.63) is 34.4 Å². The second kappa shape index (κ2) is 5.74. The van der Waals surface area contributed by atoms with Gasteiger partial charge in [-0.1, -0.05) is 24.1 Å². The van der Waals surface area contributed by atoms with Crippen LogP contribution in [0.15, 0.2) is 12.1 Å². The number of amides is 1. The van der Waals surface area contributed by atoms with E-state index in [9.17, 15) is 4.79 Å². The van der Waals surface area contributed by atoms with E-state index in [1.807, 2.05) is 13.8 Å². The molecular formula is C16H24N2O. The minimum atomic E-state index is 0.0362. The normalized spacial score (nSPS) is 22.5. The molecule has 1 aliphatic rings. The maximum Gasteiger partial charge on any atom is 0.251 e. The number of hydrogen-bond acceptors (Lipinski definition) is 2. The van der Waals surface area contributed by atoms with E-state index in [0.717, 1.165) is 29.5 Å². The average molecular weight is 260 g/mol. The Morgan fingerprint density at radius 1 is 1.26 bits per heavy atom. The molecule has 1 saturated carbocycles. The Kier molecular flexibility index (Phi) is 4.25. The predicted octanol–water partition coefficient (Wildman–Crippen LogP) is 2.47. The zero-order valence-electron chi connectivity index (χ0n) is 12.1. The second-order valence-electron chi connectivity index (χ2n) is 5.84. The van der Waals surface area contributed by atoms with Crippen molar-refractivity contribution in [1.82, 2.24) is 5.32 Å². The van der Waals surface area contributed by atoms with E-state index in [0.29, 0.717) is 12.5 Å². The van der Waals surface area contributed by atoms with Crippen molar-refractivity contribution < 1.29 is 4.79 Å². The van der Waals surface area contributed by atoms with Crippen molar-refractivity contribution in [2.75, 3.05) is 6.54 Å². The van der Waals surface area contributed by atoms with Crippen molar-refractivity contribution in [3.8, 4) is 0 Å². The van der Waals surface area contributed by atoms with Crippen LogP contribution in [0.4, 0.5) is 0 Å². The molecule has 2 unspecified atom stereocenters. The number of hydrogen-bond donors (Lipinski definition) is 2. The van der Waals surface area contributed by atoms with E-state index in [1.54, 1.807) is 0 Å². The van der Waals surface area contributed by atoms with Crippen LogP contribution in [0.1, 0.15) is 46.3 Å². The van der Waals surface area contributed by atoms with Gasteiger partial charge in [-0.05, 0) is 50.7 Å². The van der Waals surface area contributed by atoms with Crippen molar-refractivity contribution in [1.29, 1.82) is 0 Å². The van der Waals surface area contributed by atoms with E-state index in [4.69, 9.17) is 5.73 Å². The number of benzene rings is 1. The monoisotopic (exact) mass is 260 g/mol. The Morgan fingerprint density at radius 2 is 1.89 bits per heavy atom. The molecular weight excluding hydrogens is 236 g/mol. The summed E-state index contributed by atoms with van der Waals surface area (Å²) in [4.78, 5) is 12.3. The maximum atomic E-state index is 12.3. The summed E-state index contributed by atoms with van der Waals surface area (Å²) in [7, 11) is 0. The van der Waals surface area contributed by atoms with Gasteiger partial charge < -0.3 is 11.1 Å². The quantitative estimate of drug-likeness (QED) is 0.877. The van der Waals surface area contributed by atoms with Crippen molar-refractivity contribution in [3.63, 3.8) is 0 Å². The molecule has 0 saturated heterocycles. The molecule has 1 fully saturated rings. The van der Waals surface area contributed by atoms with Gasteiger partial charge in [0.15, 0.2) is 0 Å². The first-order valence-corrected chi connectivity index (χ1v) is 7.10.